The zero-order chi connectivity index (χ0) is 13.5. The molecule has 2 atom stereocenters. The van der Waals surface area contributed by atoms with Crippen molar-refractivity contribution in [2.24, 2.45) is 11.8 Å². The topological polar surface area (TPSA) is 67.2 Å². The van der Waals surface area contributed by atoms with E-state index in [2.05, 4.69) is 22.7 Å². The number of carbonyl (C=O) groups excluding carboxylic acids is 1. The number of nitrogens with one attached hydrogen (secondary N) is 2. The molecule has 0 radical (unpaired) electrons. The second-order valence-corrected chi connectivity index (χ2v) is 5.53. The van der Waals surface area contributed by atoms with Crippen LogP contribution in [0.4, 0.5) is 4.79 Å². The van der Waals surface area contributed by atoms with E-state index in [1.807, 2.05) is 0 Å². The van der Waals surface area contributed by atoms with Gasteiger partial charge in [-0.3, -0.25) is 0 Å². The average Bonchev–Trinajstić information content (AvgIpc) is 2.89. The molecule has 0 aromatic carbocycles. The van der Waals surface area contributed by atoms with Crippen molar-refractivity contribution in [3.05, 3.63) is 18.0 Å². The molecule has 2 rings (SSSR count). The molecule has 1 aromatic rings. The Balaban J connectivity index is 1.56. The summed E-state index contributed by atoms with van der Waals surface area (Å²) in [6.07, 6.45) is 7.90. The van der Waals surface area contributed by atoms with Crippen LogP contribution < -0.4 is 10.6 Å². The minimum absolute atomic E-state index is 0.133. The second kappa shape index (κ2) is 7.16. The molecule has 0 aliphatic heterocycles. The Morgan fingerprint density at radius 1 is 1.47 bits per heavy atom. The van der Waals surface area contributed by atoms with Gasteiger partial charge in [0, 0.05) is 12.6 Å². The molecule has 1 aliphatic carbocycles. The van der Waals surface area contributed by atoms with Crippen LogP contribution in [-0.4, -0.2) is 17.7 Å². The minimum atomic E-state index is -0.133. The van der Waals surface area contributed by atoms with Gasteiger partial charge in [-0.25, -0.2) is 4.79 Å². The molecule has 5 nitrogen and oxygen atoms in total. The van der Waals surface area contributed by atoms with E-state index in [4.69, 9.17) is 4.52 Å². The Bertz CT molecular complexity index is 378. The van der Waals surface area contributed by atoms with E-state index in [1.165, 1.54) is 31.9 Å². The van der Waals surface area contributed by atoms with Gasteiger partial charge >= 0.3 is 6.03 Å². The van der Waals surface area contributed by atoms with E-state index >= 15 is 0 Å². The fourth-order valence-corrected chi connectivity index (χ4v) is 2.77. The van der Waals surface area contributed by atoms with E-state index in [1.54, 1.807) is 6.07 Å². The van der Waals surface area contributed by atoms with Gasteiger partial charge < -0.3 is 15.2 Å². The van der Waals surface area contributed by atoms with Crippen LogP contribution in [0.15, 0.2) is 16.9 Å². The van der Waals surface area contributed by atoms with Crippen LogP contribution in [-0.2, 0) is 6.54 Å². The maximum absolute atomic E-state index is 11.6. The van der Waals surface area contributed by atoms with Gasteiger partial charge in [0.15, 0.2) is 0 Å². The first-order valence-electron chi connectivity index (χ1n) is 7.15. The first-order chi connectivity index (χ1) is 9.24. The Labute approximate surface area is 114 Å². The summed E-state index contributed by atoms with van der Waals surface area (Å²) in [5.41, 5.74) is 0.733. The first kappa shape index (κ1) is 13.9. The van der Waals surface area contributed by atoms with Crippen molar-refractivity contribution in [2.45, 2.75) is 45.6 Å². The van der Waals surface area contributed by atoms with Gasteiger partial charge in [-0.1, -0.05) is 31.3 Å². The molecule has 5 heteroatoms. The molecule has 2 amide bonds. The standard InChI is InChI=1S/C14H23N3O2/c1-11-3-2-4-12(9-11)5-7-15-14(18)16-10-13-6-8-19-17-13/h6,8,11-12H,2-5,7,9-10H2,1H3,(H2,15,16,18)/t11-,12-/m1/s1. The predicted molar refractivity (Wildman–Crippen MR) is 72.5 cm³/mol. The van der Waals surface area contributed by atoms with Crippen molar-refractivity contribution in [1.82, 2.24) is 15.8 Å². The lowest BCUT2D eigenvalue weighted by atomic mass is 9.81. The second-order valence-electron chi connectivity index (χ2n) is 5.53. The third kappa shape index (κ3) is 4.93. The highest BCUT2D eigenvalue weighted by Crippen LogP contribution is 2.30. The Morgan fingerprint density at radius 3 is 3.11 bits per heavy atom. The summed E-state index contributed by atoms with van der Waals surface area (Å²) in [6, 6.07) is 1.61. The lowest BCUT2D eigenvalue weighted by molar-refractivity contribution is 0.235. The summed E-state index contributed by atoms with van der Waals surface area (Å²) in [5.74, 6) is 1.62. The number of amides is 2. The van der Waals surface area contributed by atoms with Gasteiger partial charge in [0.25, 0.3) is 0 Å². The number of hydrogen-bond acceptors (Lipinski definition) is 3. The largest absolute Gasteiger partial charge is 0.364 e. The Morgan fingerprint density at radius 2 is 2.37 bits per heavy atom. The minimum Gasteiger partial charge on any atom is -0.364 e. The van der Waals surface area contributed by atoms with Gasteiger partial charge in [0.2, 0.25) is 0 Å². The first-order valence-corrected chi connectivity index (χ1v) is 7.15. The highest BCUT2D eigenvalue weighted by molar-refractivity contribution is 5.73. The van der Waals surface area contributed by atoms with E-state index < -0.39 is 0 Å². The molecule has 0 spiro atoms. The van der Waals surface area contributed by atoms with Crippen molar-refractivity contribution in [3.63, 3.8) is 0 Å². The molecule has 106 valence electrons. The van der Waals surface area contributed by atoms with Gasteiger partial charge in [-0.2, -0.15) is 0 Å². The molecule has 1 aliphatic rings. The maximum atomic E-state index is 11.6. The Kier molecular flexibility index (Phi) is 5.24. The highest BCUT2D eigenvalue weighted by atomic mass is 16.5. The number of hydrogen-bond donors (Lipinski definition) is 2. The van der Waals surface area contributed by atoms with Gasteiger partial charge in [-0.05, 0) is 24.7 Å². The third-order valence-electron chi connectivity index (χ3n) is 3.80. The molecule has 0 saturated heterocycles. The summed E-state index contributed by atoms with van der Waals surface area (Å²) in [4.78, 5) is 11.6. The number of rotatable bonds is 5. The van der Waals surface area contributed by atoms with E-state index in [-0.39, 0.29) is 6.03 Å². The number of urea groups is 1. The van der Waals surface area contributed by atoms with Crippen molar-refractivity contribution >= 4 is 6.03 Å². The summed E-state index contributed by atoms with van der Waals surface area (Å²) in [6.45, 7) is 3.48. The number of nitrogens with zero attached hydrogens (tertiary/aromatic N) is 1. The van der Waals surface area contributed by atoms with E-state index in [9.17, 15) is 4.79 Å². The van der Waals surface area contributed by atoms with Crippen LogP contribution in [0.5, 0.6) is 0 Å². The molecular weight excluding hydrogens is 242 g/mol. The van der Waals surface area contributed by atoms with Crippen LogP contribution in [0.1, 0.15) is 44.7 Å². The van der Waals surface area contributed by atoms with Crippen LogP contribution in [0.2, 0.25) is 0 Å². The van der Waals surface area contributed by atoms with E-state index in [0.717, 1.165) is 30.5 Å². The van der Waals surface area contributed by atoms with Crippen molar-refractivity contribution in [3.8, 4) is 0 Å². The van der Waals surface area contributed by atoms with Crippen molar-refractivity contribution in [1.29, 1.82) is 0 Å². The molecule has 19 heavy (non-hydrogen) atoms. The summed E-state index contributed by atoms with van der Waals surface area (Å²) >= 11 is 0. The van der Waals surface area contributed by atoms with Gasteiger partial charge in [0.1, 0.15) is 12.0 Å². The predicted octanol–water partition coefficient (Wildman–Crippen LogP) is 2.69. The van der Waals surface area contributed by atoms with Gasteiger partial charge in [-0.15, -0.1) is 0 Å². The van der Waals surface area contributed by atoms with Crippen LogP contribution in [0.25, 0.3) is 0 Å². The summed E-state index contributed by atoms with van der Waals surface area (Å²) in [5, 5.41) is 9.39. The van der Waals surface area contributed by atoms with Crippen LogP contribution in [0.3, 0.4) is 0 Å². The zero-order valence-electron chi connectivity index (χ0n) is 11.5. The fraction of sp³-hybridized carbons (Fsp3) is 0.714. The highest BCUT2D eigenvalue weighted by Gasteiger charge is 2.18. The normalized spacial score (nSPS) is 23.0. The number of carbonyl (C=O) groups is 1. The van der Waals surface area contributed by atoms with Gasteiger partial charge in [0.05, 0.1) is 6.54 Å². The SMILES string of the molecule is C[C@@H]1CCC[C@H](CCNC(=O)NCc2ccon2)C1. The van der Waals surface area contributed by atoms with Crippen LogP contribution in [0, 0.1) is 11.8 Å². The molecule has 0 bridgehead atoms. The molecule has 1 fully saturated rings. The maximum Gasteiger partial charge on any atom is 0.315 e. The number of aromatic nitrogens is 1. The molecule has 2 N–H and O–H groups in total. The molecular formula is C14H23N3O2. The van der Waals surface area contributed by atoms with Crippen molar-refractivity contribution < 1.29 is 9.32 Å². The van der Waals surface area contributed by atoms with Crippen molar-refractivity contribution in [2.75, 3.05) is 6.54 Å². The fourth-order valence-electron chi connectivity index (χ4n) is 2.77. The average molecular weight is 265 g/mol. The van der Waals surface area contributed by atoms with E-state index in [0.29, 0.717) is 6.54 Å². The Hall–Kier alpha value is -1.52. The summed E-state index contributed by atoms with van der Waals surface area (Å²) in [7, 11) is 0. The molecule has 1 heterocycles. The molecule has 0 unspecified atom stereocenters. The smallest absolute Gasteiger partial charge is 0.315 e. The molecule has 1 saturated carbocycles. The zero-order valence-corrected chi connectivity index (χ0v) is 11.5. The lowest BCUT2D eigenvalue weighted by Crippen LogP contribution is -2.36. The monoisotopic (exact) mass is 265 g/mol. The lowest BCUT2D eigenvalue weighted by Gasteiger charge is -2.26. The quantitative estimate of drug-likeness (QED) is 0.860. The third-order valence-corrected chi connectivity index (χ3v) is 3.80. The summed E-state index contributed by atoms with van der Waals surface area (Å²) < 4.78 is 4.70. The molecule has 1 aromatic heterocycles. The van der Waals surface area contributed by atoms with Crippen LogP contribution >= 0.6 is 0 Å².